The Bertz CT molecular complexity index is 188. The maximum Gasteiger partial charge on any atom is 0.00103 e. The van der Waals surface area contributed by atoms with E-state index in [1.165, 1.54) is 103 Å². The van der Waals surface area contributed by atoms with Crippen molar-refractivity contribution in [3.05, 3.63) is 0 Å². The van der Waals surface area contributed by atoms with Crippen molar-refractivity contribution >= 4 is 0 Å². The first-order chi connectivity index (χ1) is 11.1. The topological polar surface area (TPSA) is 12.0 Å². The van der Waals surface area contributed by atoms with Crippen molar-refractivity contribution in [3.63, 3.8) is 0 Å². The molecule has 0 aliphatic rings. The number of hydrogen-bond donors (Lipinski definition) is 1. The summed E-state index contributed by atoms with van der Waals surface area (Å²) in [6, 6.07) is 0.648. The zero-order chi connectivity index (χ0) is 17.2. The van der Waals surface area contributed by atoms with Gasteiger partial charge in [-0.3, -0.25) is 0 Å². The Balaban J connectivity index is 2.97. The lowest BCUT2D eigenvalue weighted by Gasteiger charge is -2.07. The summed E-state index contributed by atoms with van der Waals surface area (Å²) in [5.41, 5.74) is 0. The highest BCUT2D eigenvalue weighted by Crippen LogP contribution is 2.14. The second kappa shape index (κ2) is 18.3. The summed E-state index contributed by atoms with van der Waals surface area (Å²) in [4.78, 5) is 0. The van der Waals surface area contributed by atoms with Crippen LogP contribution in [0.5, 0.6) is 0 Å². The zero-order valence-corrected chi connectivity index (χ0v) is 17.0. The van der Waals surface area contributed by atoms with Crippen LogP contribution in [-0.2, 0) is 0 Å². The molecule has 0 amide bonds. The Kier molecular flexibility index (Phi) is 18.3. The van der Waals surface area contributed by atoms with Gasteiger partial charge in [-0.25, -0.2) is 0 Å². The van der Waals surface area contributed by atoms with E-state index >= 15 is 0 Å². The SMILES string of the molecule is CC(C)CCCCCCCCCCCCCCCCNC(C)C. The Hall–Kier alpha value is -0.0400. The first-order valence-electron chi connectivity index (χ1n) is 10.9. The van der Waals surface area contributed by atoms with Gasteiger partial charge < -0.3 is 5.32 Å². The average Bonchev–Trinajstić information content (AvgIpc) is 2.49. The Morgan fingerprint density at radius 1 is 0.478 bits per heavy atom. The predicted molar refractivity (Wildman–Crippen MR) is 107 cm³/mol. The average molecular weight is 326 g/mol. The van der Waals surface area contributed by atoms with Crippen LogP contribution in [0, 0.1) is 5.92 Å². The van der Waals surface area contributed by atoms with E-state index in [1.54, 1.807) is 0 Å². The van der Waals surface area contributed by atoms with Gasteiger partial charge in [0, 0.05) is 6.04 Å². The molecule has 0 radical (unpaired) electrons. The summed E-state index contributed by atoms with van der Waals surface area (Å²) >= 11 is 0. The van der Waals surface area contributed by atoms with Gasteiger partial charge in [0.1, 0.15) is 0 Å². The van der Waals surface area contributed by atoms with Gasteiger partial charge in [0.2, 0.25) is 0 Å². The minimum absolute atomic E-state index is 0.648. The molecule has 0 aromatic heterocycles. The molecule has 1 nitrogen and oxygen atoms in total. The summed E-state index contributed by atoms with van der Waals surface area (Å²) in [5.74, 6) is 0.895. The molecule has 0 heterocycles. The van der Waals surface area contributed by atoms with Crippen molar-refractivity contribution in [2.24, 2.45) is 5.92 Å². The maximum atomic E-state index is 3.50. The van der Waals surface area contributed by atoms with Crippen LogP contribution < -0.4 is 5.32 Å². The normalized spacial score (nSPS) is 11.7. The molecular weight excluding hydrogens is 278 g/mol. The Morgan fingerprint density at radius 2 is 0.826 bits per heavy atom. The van der Waals surface area contributed by atoms with Gasteiger partial charge >= 0.3 is 0 Å². The minimum Gasteiger partial charge on any atom is -0.315 e. The van der Waals surface area contributed by atoms with E-state index in [4.69, 9.17) is 0 Å². The van der Waals surface area contributed by atoms with Crippen LogP contribution >= 0.6 is 0 Å². The molecule has 23 heavy (non-hydrogen) atoms. The van der Waals surface area contributed by atoms with Crippen molar-refractivity contribution in [2.45, 2.75) is 130 Å². The van der Waals surface area contributed by atoms with Crippen LogP contribution in [-0.4, -0.2) is 12.6 Å². The summed E-state index contributed by atoms with van der Waals surface area (Å²) in [6.07, 6.45) is 21.8. The van der Waals surface area contributed by atoms with Crippen LogP contribution in [0.4, 0.5) is 0 Å². The fraction of sp³-hybridized carbons (Fsp3) is 1.00. The van der Waals surface area contributed by atoms with E-state index in [0.29, 0.717) is 6.04 Å². The van der Waals surface area contributed by atoms with Crippen molar-refractivity contribution in [3.8, 4) is 0 Å². The van der Waals surface area contributed by atoms with Crippen LogP contribution in [0.15, 0.2) is 0 Å². The number of hydrogen-bond acceptors (Lipinski definition) is 1. The van der Waals surface area contributed by atoms with E-state index in [9.17, 15) is 0 Å². The third-order valence-corrected chi connectivity index (χ3v) is 4.76. The fourth-order valence-electron chi connectivity index (χ4n) is 3.19. The second-order valence-corrected chi connectivity index (χ2v) is 8.24. The van der Waals surface area contributed by atoms with E-state index in [1.807, 2.05) is 0 Å². The van der Waals surface area contributed by atoms with Gasteiger partial charge in [0.05, 0.1) is 0 Å². The molecule has 1 heteroatoms. The summed E-state index contributed by atoms with van der Waals surface area (Å²) in [5, 5.41) is 3.50. The molecule has 0 aliphatic carbocycles. The highest BCUT2D eigenvalue weighted by molar-refractivity contribution is 4.54. The minimum atomic E-state index is 0.648. The maximum absolute atomic E-state index is 3.50. The van der Waals surface area contributed by atoms with Gasteiger partial charge in [-0.1, -0.05) is 118 Å². The first kappa shape index (κ1) is 23.0. The smallest absolute Gasteiger partial charge is 0.00103 e. The van der Waals surface area contributed by atoms with Crippen LogP contribution in [0.25, 0.3) is 0 Å². The molecule has 0 aromatic rings. The number of unbranched alkanes of at least 4 members (excludes halogenated alkanes) is 13. The Labute approximate surface area is 148 Å². The Morgan fingerprint density at radius 3 is 1.17 bits per heavy atom. The molecule has 0 unspecified atom stereocenters. The van der Waals surface area contributed by atoms with Gasteiger partial charge in [-0.2, -0.15) is 0 Å². The van der Waals surface area contributed by atoms with Crippen molar-refractivity contribution in [1.82, 2.24) is 5.32 Å². The molecule has 0 aliphatic heterocycles. The molecule has 0 aromatic carbocycles. The third-order valence-electron chi connectivity index (χ3n) is 4.76. The summed E-state index contributed by atoms with van der Waals surface area (Å²) in [7, 11) is 0. The van der Waals surface area contributed by atoms with Gasteiger partial charge in [-0.05, 0) is 18.9 Å². The zero-order valence-electron chi connectivity index (χ0n) is 17.0. The van der Waals surface area contributed by atoms with E-state index in [2.05, 4.69) is 33.0 Å². The lowest BCUT2D eigenvalue weighted by atomic mass is 10.0. The van der Waals surface area contributed by atoms with E-state index in [-0.39, 0.29) is 0 Å². The number of nitrogens with one attached hydrogen (secondary N) is 1. The molecule has 140 valence electrons. The monoisotopic (exact) mass is 325 g/mol. The van der Waals surface area contributed by atoms with E-state index in [0.717, 1.165) is 5.92 Å². The molecule has 0 bridgehead atoms. The van der Waals surface area contributed by atoms with Crippen LogP contribution in [0.1, 0.15) is 124 Å². The third kappa shape index (κ3) is 22.0. The fourth-order valence-corrected chi connectivity index (χ4v) is 3.19. The lowest BCUT2D eigenvalue weighted by Crippen LogP contribution is -2.23. The second-order valence-electron chi connectivity index (χ2n) is 8.24. The standard InChI is InChI=1S/C22H47N/c1-21(2)19-17-15-13-11-9-7-5-6-8-10-12-14-16-18-20-23-22(3)4/h21-23H,5-20H2,1-4H3. The highest BCUT2D eigenvalue weighted by atomic mass is 14.9. The van der Waals surface area contributed by atoms with Gasteiger partial charge in [-0.15, -0.1) is 0 Å². The molecule has 0 saturated heterocycles. The van der Waals surface area contributed by atoms with Crippen molar-refractivity contribution < 1.29 is 0 Å². The summed E-state index contributed by atoms with van der Waals surface area (Å²) in [6.45, 7) is 10.3. The molecule has 0 fully saturated rings. The quantitative estimate of drug-likeness (QED) is 0.257. The summed E-state index contributed by atoms with van der Waals surface area (Å²) < 4.78 is 0. The van der Waals surface area contributed by atoms with E-state index < -0.39 is 0 Å². The number of rotatable bonds is 18. The van der Waals surface area contributed by atoms with Crippen molar-refractivity contribution in [1.29, 1.82) is 0 Å². The van der Waals surface area contributed by atoms with Gasteiger partial charge in [0.25, 0.3) is 0 Å². The van der Waals surface area contributed by atoms with Crippen molar-refractivity contribution in [2.75, 3.05) is 6.54 Å². The van der Waals surface area contributed by atoms with Gasteiger partial charge in [0.15, 0.2) is 0 Å². The molecule has 0 rings (SSSR count). The lowest BCUT2D eigenvalue weighted by molar-refractivity contribution is 0.500. The molecule has 0 spiro atoms. The van der Waals surface area contributed by atoms with Crippen LogP contribution in [0.3, 0.4) is 0 Å². The molecular formula is C22H47N. The molecule has 0 saturated carbocycles. The molecule has 0 atom stereocenters. The van der Waals surface area contributed by atoms with Crippen LogP contribution in [0.2, 0.25) is 0 Å². The largest absolute Gasteiger partial charge is 0.315 e. The first-order valence-corrected chi connectivity index (χ1v) is 10.9. The predicted octanol–water partition coefficient (Wildman–Crippen LogP) is 7.49. The molecule has 1 N–H and O–H groups in total. The highest BCUT2D eigenvalue weighted by Gasteiger charge is 1.96.